The summed E-state index contributed by atoms with van der Waals surface area (Å²) in [5, 5.41) is 0. The van der Waals surface area contributed by atoms with Gasteiger partial charge in [0, 0.05) is 24.8 Å². The molecule has 1 aliphatic rings. The summed E-state index contributed by atoms with van der Waals surface area (Å²) < 4.78 is 10.7. The van der Waals surface area contributed by atoms with Gasteiger partial charge in [-0.25, -0.2) is 0 Å². The lowest BCUT2D eigenvalue weighted by molar-refractivity contribution is 0.0605. The molecule has 1 atom stereocenters. The van der Waals surface area contributed by atoms with Gasteiger partial charge in [-0.05, 0) is 38.2 Å². The molecule has 0 radical (unpaired) electrons. The normalized spacial score (nSPS) is 19.9. The maximum atomic E-state index is 5.61. The fraction of sp³-hybridized carbons (Fsp3) is 0.667. The second-order valence-corrected chi connectivity index (χ2v) is 4.50. The summed E-state index contributed by atoms with van der Waals surface area (Å²) >= 11 is 0. The molecule has 0 aromatic carbocycles. The lowest BCUT2D eigenvalue weighted by atomic mass is 9.90. The minimum absolute atomic E-state index is 0.195. The molecule has 2 rings (SSSR count). The van der Waals surface area contributed by atoms with Crippen molar-refractivity contribution in [2.24, 2.45) is 11.8 Å². The van der Waals surface area contributed by atoms with E-state index in [1.165, 1.54) is 0 Å². The number of nitrogens with two attached hydrogens (primary N) is 1. The number of nitrogens with one attached hydrogen (secondary N) is 1. The van der Waals surface area contributed by atoms with Crippen LogP contribution in [0.4, 0.5) is 0 Å². The Morgan fingerprint density at radius 3 is 2.81 bits per heavy atom. The summed E-state index contributed by atoms with van der Waals surface area (Å²) in [5.41, 5.74) is 4.02. The SMILES string of the molecule is Cc1cc(C(CC2CCOCC2)NN)co1. The van der Waals surface area contributed by atoms with Gasteiger partial charge in [-0.15, -0.1) is 0 Å². The van der Waals surface area contributed by atoms with Gasteiger partial charge in [0.05, 0.1) is 6.26 Å². The van der Waals surface area contributed by atoms with E-state index < -0.39 is 0 Å². The average Bonchev–Trinajstić information content (AvgIpc) is 2.74. The molecule has 0 amide bonds. The van der Waals surface area contributed by atoms with Crippen molar-refractivity contribution in [1.82, 2.24) is 5.43 Å². The first-order chi connectivity index (χ1) is 7.79. The van der Waals surface area contributed by atoms with Crippen LogP contribution < -0.4 is 11.3 Å². The summed E-state index contributed by atoms with van der Waals surface area (Å²) in [7, 11) is 0. The predicted molar refractivity (Wildman–Crippen MR) is 61.7 cm³/mol. The van der Waals surface area contributed by atoms with E-state index in [0.29, 0.717) is 5.92 Å². The van der Waals surface area contributed by atoms with Crippen LogP contribution in [0.2, 0.25) is 0 Å². The Hall–Kier alpha value is -0.840. The highest BCUT2D eigenvalue weighted by atomic mass is 16.5. The Kier molecular flexibility index (Phi) is 3.98. The molecule has 0 bridgehead atoms. The fourth-order valence-corrected chi connectivity index (χ4v) is 2.26. The Balaban J connectivity index is 1.94. The van der Waals surface area contributed by atoms with Crippen LogP contribution in [-0.2, 0) is 4.74 Å². The average molecular weight is 224 g/mol. The first-order valence-electron chi connectivity index (χ1n) is 5.88. The highest BCUT2D eigenvalue weighted by Gasteiger charge is 2.20. The van der Waals surface area contributed by atoms with Crippen LogP contribution in [0, 0.1) is 12.8 Å². The van der Waals surface area contributed by atoms with Crippen molar-refractivity contribution in [2.75, 3.05) is 13.2 Å². The van der Waals surface area contributed by atoms with Gasteiger partial charge in [-0.1, -0.05) is 0 Å². The molecule has 4 heteroatoms. The van der Waals surface area contributed by atoms with E-state index in [0.717, 1.165) is 43.8 Å². The number of hydrogen-bond acceptors (Lipinski definition) is 4. The number of hydrogen-bond donors (Lipinski definition) is 2. The third kappa shape index (κ3) is 2.84. The van der Waals surface area contributed by atoms with E-state index in [1.807, 2.05) is 13.0 Å². The Bertz CT molecular complexity index is 319. The zero-order valence-electron chi connectivity index (χ0n) is 9.74. The van der Waals surface area contributed by atoms with Crippen molar-refractivity contribution in [3.63, 3.8) is 0 Å². The first-order valence-corrected chi connectivity index (χ1v) is 5.88. The molecule has 1 fully saturated rings. The molecule has 16 heavy (non-hydrogen) atoms. The van der Waals surface area contributed by atoms with Gasteiger partial charge in [0.15, 0.2) is 0 Å². The van der Waals surface area contributed by atoms with Crippen molar-refractivity contribution < 1.29 is 9.15 Å². The molecule has 1 aromatic heterocycles. The highest BCUT2D eigenvalue weighted by molar-refractivity contribution is 5.16. The van der Waals surface area contributed by atoms with Crippen LogP contribution in [0.5, 0.6) is 0 Å². The molecule has 3 N–H and O–H groups in total. The fourth-order valence-electron chi connectivity index (χ4n) is 2.26. The van der Waals surface area contributed by atoms with E-state index in [1.54, 1.807) is 6.26 Å². The van der Waals surface area contributed by atoms with Crippen molar-refractivity contribution in [1.29, 1.82) is 0 Å². The minimum atomic E-state index is 0.195. The second kappa shape index (κ2) is 5.48. The monoisotopic (exact) mass is 224 g/mol. The number of furan rings is 1. The Labute approximate surface area is 96.1 Å². The summed E-state index contributed by atoms with van der Waals surface area (Å²) in [6.45, 7) is 3.71. The zero-order chi connectivity index (χ0) is 11.4. The van der Waals surface area contributed by atoms with Gasteiger partial charge >= 0.3 is 0 Å². The van der Waals surface area contributed by atoms with Crippen LogP contribution in [0.3, 0.4) is 0 Å². The van der Waals surface area contributed by atoms with E-state index in [4.69, 9.17) is 15.0 Å². The maximum Gasteiger partial charge on any atom is 0.101 e. The standard InChI is InChI=1S/C12H20N2O2/c1-9-6-11(8-16-9)12(14-13)7-10-2-4-15-5-3-10/h6,8,10,12,14H,2-5,7,13H2,1H3. The maximum absolute atomic E-state index is 5.61. The summed E-state index contributed by atoms with van der Waals surface area (Å²) in [4.78, 5) is 0. The van der Waals surface area contributed by atoms with Crippen LogP contribution in [0.15, 0.2) is 16.7 Å². The molecule has 2 heterocycles. The van der Waals surface area contributed by atoms with Crippen molar-refractivity contribution in [3.05, 3.63) is 23.7 Å². The topological polar surface area (TPSA) is 60.4 Å². The van der Waals surface area contributed by atoms with Crippen molar-refractivity contribution in [2.45, 2.75) is 32.2 Å². The van der Waals surface area contributed by atoms with E-state index in [9.17, 15) is 0 Å². The quantitative estimate of drug-likeness (QED) is 0.606. The molecule has 1 saturated heterocycles. The van der Waals surface area contributed by atoms with Crippen LogP contribution >= 0.6 is 0 Å². The van der Waals surface area contributed by atoms with E-state index in [-0.39, 0.29) is 6.04 Å². The molecule has 1 aromatic rings. The molecule has 0 aliphatic carbocycles. The van der Waals surface area contributed by atoms with Crippen LogP contribution in [-0.4, -0.2) is 13.2 Å². The minimum Gasteiger partial charge on any atom is -0.469 e. The molecule has 90 valence electrons. The Morgan fingerprint density at radius 1 is 1.50 bits per heavy atom. The van der Waals surface area contributed by atoms with Crippen molar-refractivity contribution >= 4 is 0 Å². The summed E-state index contributed by atoms with van der Waals surface area (Å²) in [5.74, 6) is 7.24. The lowest BCUT2D eigenvalue weighted by Crippen LogP contribution is -2.30. The van der Waals surface area contributed by atoms with E-state index in [2.05, 4.69) is 5.43 Å². The lowest BCUT2D eigenvalue weighted by Gasteiger charge is -2.25. The largest absolute Gasteiger partial charge is 0.469 e. The summed E-state index contributed by atoms with van der Waals surface area (Å²) in [6, 6.07) is 2.24. The van der Waals surface area contributed by atoms with Gasteiger partial charge in [0.1, 0.15) is 5.76 Å². The number of aryl methyl sites for hydroxylation is 1. The molecule has 0 saturated carbocycles. The van der Waals surface area contributed by atoms with Gasteiger partial charge in [-0.2, -0.15) is 0 Å². The molecule has 1 unspecified atom stereocenters. The van der Waals surface area contributed by atoms with Gasteiger partial charge < -0.3 is 9.15 Å². The predicted octanol–water partition coefficient (Wildman–Crippen LogP) is 1.91. The zero-order valence-corrected chi connectivity index (χ0v) is 9.74. The first kappa shape index (κ1) is 11.6. The summed E-state index contributed by atoms with van der Waals surface area (Å²) in [6.07, 6.45) is 5.11. The molecule has 0 spiro atoms. The third-order valence-electron chi connectivity index (χ3n) is 3.26. The van der Waals surface area contributed by atoms with Crippen LogP contribution in [0.1, 0.15) is 36.6 Å². The van der Waals surface area contributed by atoms with Crippen molar-refractivity contribution in [3.8, 4) is 0 Å². The molecule has 4 nitrogen and oxygen atoms in total. The molecular weight excluding hydrogens is 204 g/mol. The molecular formula is C12H20N2O2. The number of hydrazine groups is 1. The second-order valence-electron chi connectivity index (χ2n) is 4.50. The number of rotatable bonds is 4. The molecule has 1 aliphatic heterocycles. The van der Waals surface area contributed by atoms with Gasteiger partial charge in [-0.3, -0.25) is 11.3 Å². The smallest absolute Gasteiger partial charge is 0.101 e. The number of ether oxygens (including phenoxy) is 1. The van der Waals surface area contributed by atoms with Crippen LogP contribution in [0.25, 0.3) is 0 Å². The van der Waals surface area contributed by atoms with Gasteiger partial charge in [0.2, 0.25) is 0 Å². The highest BCUT2D eigenvalue weighted by Crippen LogP contribution is 2.27. The Morgan fingerprint density at radius 2 is 2.25 bits per heavy atom. The van der Waals surface area contributed by atoms with E-state index >= 15 is 0 Å². The third-order valence-corrected chi connectivity index (χ3v) is 3.26. The van der Waals surface area contributed by atoms with Gasteiger partial charge in [0.25, 0.3) is 0 Å².